The molecule has 1 aromatic carbocycles. The van der Waals surface area contributed by atoms with Crippen molar-refractivity contribution in [3.05, 3.63) is 29.6 Å². The Hall–Kier alpha value is -1.42. The third kappa shape index (κ3) is 2.95. The van der Waals surface area contributed by atoms with Gasteiger partial charge in [-0.1, -0.05) is 6.42 Å². The lowest BCUT2D eigenvalue weighted by molar-refractivity contribution is -0.122. The molecule has 2 fully saturated rings. The Kier molecular flexibility index (Phi) is 3.98. The van der Waals surface area contributed by atoms with Gasteiger partial charge in [-0.3, -0.25) is 4.79 Å². The van der Waals surface area contributed by atoms with Gasteiger partial charge in [0.2, 0.25) is 5.91 Å². The lowest BCUT2D eigenvalue weighted by Gasteiger charge is -2.43. The SMILES string of the molecule is Cc1cc(NC(=O)C2CC3CCCC(C2)C3N)ccc1F. The van der Waals surface area contributed by atoms with Crippen LogP contribution in [-0.4, -0.2) is 11.9 Å². The number of hydrogen-bond donors (Lipinski definition) is 2. The Labute approximate surface area is 125 Å². The predicted octanol–water partition coefficient (Wildman–Crippen LogP) is 3.23. The molecule has 0 radical (unpaired) electrons. The zero-order chi connectivity index (χ0) is 15.0. The highest BCUT2D eigenvalue weighted by atomic mass is 19.1. The van der Waals surface area contributed by atoms with Gasteiger partial charge in [0.05, 0.1) is 0 Å². The van der Waals surface area contributed by atoms with Crippen LogP contribution in [0.25, 0.3) is 0 Å². The van der Waals surface area contributed by atoms with Crippen LogP contribution < -0.4 is 11.1 Å². The topological polar surface area (TPSA) is 55.1 Å². The summed E-state index contributed by atoms with van der Waals surface area (Å²) in [6.45, 7) is 1.70. The smallest absolute Gasteiger partial charge is 0.227 e. The Morgan fingerprint density at radius 3 is 2.57 bits per heavy atom. The maximum Gasteiger partial charge on any atom is 0.227 e. The Bertz CT molecular complexity index is 532. The number of carbonyl (C=O) groups is 1. The third-order valence-electron chi connectivity index (χ3n) is 5.21. The molecule has 2 bridgehead atoms. The molecule has 21 heavy (non-hydrogen) atoms. The van der Waals surface area contributed by atoms with Crippen LogP contribution in [0.4, 0.5) is 10.1 Å². The molecule has 2 aliphatic carbocycles. The van der Waals surface area contributed by atoms with Gasteiger partial charge < -0.3 is 11.1 Å². The number of hydrogen-bond acceptors (Lipinski definition) is 2. The van der Waals surface area contributed by atoms with Crippen molar-refractivity contribution in [2.45, 2.75) is 45.1 Å². The number of fused-ring (bicyclic) bond motifs is 2. The monoisotopic (exact) mass is 290 g/mol. The van der Waals surface area contributed by atoms with E-state index in [1.54, 1.807) is 19.1 Å². The third-order valence-corrected chi connectivity index (χ3v) is 5.21. The van der Waals surface area contributed by atoms with Crippen LogP contribution in [0.3, 0.4) is 0 Å². The van der Waals surface area contributed by atoms with Crippen molar-refractivity contribution >= 4 is 11.6 Å². The minimum Gasteiger partial charge on any atom is -0.327 e. The average Bonchev–Trinajstić information content (AvgIpc) is 2.42. The number of anilines is 1. The van der Waals surface area contributed by atoms with E-state index in [0.717, 1.165) is 25.7 Å². The van der Waals surface area contributed by atoms with E-state index < -0.39 is 0 Å². The fraction of sp³-hybridized carbons (Fsp3) is 0.588. The molecule has 0 aromatic heterocycles. The lowest BCUT2D eigenvalue weighted by atomic mass is 9.65. The Morgan fingerprint density at radius 2 is 1.95 bits per heavy atom. The van der Waals surface area contributed by atoms with Gasteiger partial charge >= 0.3 is 0 Å². The molecular weight excluding hydrogens is 267 g/mol. The van der Waals surface area contributed by atoms with E-state index in [4.69, 9.17) is 5.73 Å². The number of nitrogens with one attached hydrogen (secondary N) is 1. The minimum absolute atomic E-state index is 0.0467. The summed E-state index contributed by atoms with van der Waals surface area (Å²) in [6.07, 6.45) is 5.33. The van der Waals surface area contributed by atoms with Gasteiger partial charge in [-0.15, -0.1) is 0 Å². The predicted molar refractivity (Wildman–Crippen MR) is 81.3 cm³/mol. The molecule has 3 rings (SSSR count). The van der Waals surface area contributed by atoms with Crippen LogP contribution >= 0.6 is 0 Å². The second-order valence-electron chi connectivity index (χ2n) is 6.65. The standard InChI is InChI=1S/C17H23FN2O/c1-10-7-14(5-6-15(10)18)20-17(21)13-8-11-3-2-4-12(9-13)16(11)19/h5-7,11-13,16H,2-4,8-9,19H2,1H3,(H,20,21). The van der Waals surface area contributed by atoms with Crippen LogP contribution in [-0.2, 0) is 4.79 Å². The van der Waals surface area contributed by atoms with Crippen LogP contribution in [0.5, 0.6) is 0 Å². The highest BCUT2D eigenvalue weighted by Crippen LogP contribution is 2.42. The van der Waals surface area contributed by atoms with Crippen LogP contribution in [0.2, 0.25) is 0 Å². The molecule has 0 heterocycles. The highest BCUT2D eigenvalue weighted by molar-refractivity contribution is 5.92. The van der Waals surface area contributed by atoms with Crippen molar-refractivity contribution in [2.24, 2.45) is 23.5 Å². The van der Waals surface area contributed by atoms with E-state index in [1.807, 2.05) is 0 Å². The van der Waals surface area contributed by atoms with Crippen molar-refractivity contribution in [3.63, 3.8) is 0 Å². The Morgan fingerprint density at radius 1 is 1.29 bits per heavy atom. The number of rotatable bonds is 2. The molecule has 2 aliphatic rings. The number of aryl methyl sites for hydroxylation is 1. The number of halogens is 1. The quantitative estimate of drug-likeness (QED) is 0.878. The fourth-order valence-corrected chi connectivity index (χ4v) is 3.97. The van der Waals surface area contributed by atoms with Crippen molar-refractivity contribution < 1.29 is 9.18 Å². The number of benzene rings is 1. The van der Waals surface area contributed by atoms with E-state index in [0.29, 0.717) is 23.1 Å². The summed E-state index contributed by atoms with van der Waals surface area (Å²) in [5, 5.41) is 2.94. The van der Waals surface area contributed by atoms with Crippen molar-refractivity contribution in [1.82, 2.24) is 0 Å². The van der Waals surface area contributed by atoms with Crippen LogP contribution in [0.1, 0.15) is 37.7 Å². The summed E-state index contributed by atoms with van der Waals surface area (Å²) in [6, 6.07) is 4.98. The van der Waals surface area contributed by atoms with E-state index in [1.165, 1.54) is 12.5 Å². The first-order chi connectivity index (χ1) is 10.0. The molecule has 0 saturated heterocycles. The van der Waals surface area contributed by atoms with Gasteiger partial charge in [0.25, 0.3) is 0 Å². The zero-order valence-electron chi connectivity index (χ0n) is 12.4. The number of carbonyl (C=O) groups excluding carboxylic acids is 1. The van der Waals surface area contributed by atoms with Crippen LogP contribution in [0.15, 0.2) is 18.2 Å². The van der Waals surface area contributed by atoms with Gasteiger partial charge in [0, 0.05) is 17.6 Å². The van der Waals surface area contributed by atoms with Gasteiger partial charge in [-0.25, -0.2) is 4.39 Å². The summed E-state index contributed by atoms with van der Waals surface area (Å²) in [4.78, 5) is 12.5. The summed E-state index contributed by atoms with van der Waals surface area (Å²) in [5.74, 6) is 0.841. The van der Waals surface area contributed by atoms with Gasteiger partial charge in [-0.05, 0) is 68.2 Å². The molecule has 2 atom stereocenters. The van der Waals surface area contributed by atoms with Gasteiger partial charge in [0.15, 0.2) is 0 Å². The zero-order valence-corrected chi connectivity index (χ0v) is 12.4. The van der Waals surface area contributed by atoms with E-state index in [2.05, 4.69) is 5.32 Å². The summed E-state index contributed by atoms with van der Waals surface area (Å²) in [5.41, 5.74) is 7.49. The first-order valence-electron chi connectivity index (χ1n) is 7.87. The first-order valence-corrected chi connectivity index (χ1v) is 7.87. The molecule has 3 nitrogen and oxygen atoms in total. The lowest BCUT2D eigenvalue weighted by Crippen LogP contribution is -2.48. The molecule has 1 amide bonds. The fourth-order valence-electron chi connectivity index (χ4n) is 3.97. The second kappa shape index (κ2) is 5.76. The molecule has 4 heteroatoms. The summed E-state index contributed by atoms with van der Waals surface area (Å²) in [7, 11) is 0. The molecule has 2 unspecified atom stereocenters. The Balaban J connectivity index is 1.67. The largest absolute Gasteiger partial charge is 0.327 e. The van der Waals surface area contributed by atoms with E-state index >= 15 is 0 Å². The molecular formula is C17H23FN2O. The highest BCUT2D eigenvalue weighted by Gasteiger charge is 2.40. The van der Waals surface area contributed by atoms with Crippen molar-refractivity contribution in [2.75, 3.05) is 5.32 Å². The molecule has 114 valence electrons. The average molecular weight is 290 g/mol. The summed E-state index contributed by atoms with van der Waals surface area (Å²) >= 11 is 0. The molecule has 0 spiro atoms. The van der Waals surface area contributed by atoms with Crippen molar-refractivity contribution in [1.29, 1.82) is 0 Å². The maximum absolute atomic E-state index is 13.3. The minimum atomic E-state index is -0.244. The second-order valence-corrected chi connectivity index (χ2v) is 6.65. The van der Waals surface area contributed by atoms with Gasteiger partial charge in [0.1, 0.15) is 5.82 Å². The van der Waals surface area contributed by atoms with E-state index in [9.17, 15) is 9.18 Å². The maximum atomic E-state index is 13.3. The molecule has 1 aromatic rings. The molecule has 2 saturated carbocycles. The van der Waals surface area contributed by atoms with Crippen LogP contribution in [0, 0.1) is 30.5 Å². The summed E-state index contributed by atoms with van der Waals surface area (Å²) < 4.78 is 13.3. The van der Waals surface area contributed by atoms with E-state index in [-0.39, 0.29) is 23.7 Å². The number of amides is 1. The number of nitrogens with two attached hydrogens (primary N) is 1. The van der Waals surface area contributed by atoms with Crippen molar-refractivity contribution in [3.8, 4) is 0 Å². The first kappa shape index (κ1) is 14.5. The van der Waals surface area contributed by atoms with Gasteiger partial charge in [-0.2, -0.15) is 0 Å². The normalized spacial score (nSPS) is 31.8. The molecule has 0 aliphatic heterocycles. The molecule has 3 N–H and O–H groups in total.